The molecule has 1 aliphatic rings. The molecule has 0 saturated carbocycles. The first-order chi connectivity index (χ1) is 10.7. The number of H-pyrrole nitrogens is 1. The molecule has 3 aromatic rings. The van der Waals surface area contributed by atoms with E-state index in [1.807, 2.05) is 18.2 Å². The number of carbonyl (C=O) groups excluding carboxylic acids is 1. The van der Waals surface area contributed by atoms with Crippen molar-refractivity contribution in [1.82, 2.24) is 20.6 Å². The number of ketones is 1. The highest BCUT2D eigenvalue weighted by atomic mass is 32.2. The Morgan fingerprint density at radius 3 is 2.77 bits per heavy atom. The maximum atomic E-state index is 12.9. The first kappa shape index (κ1) is 13.0. The van der Waals surface area contributed by atoms with Gasteiger partial charge in [-0.2, -0.15) is 5.21 Å². The molecule has 1 aromatic heterocycles. The number of hydrogen-bond acceptors (Lipinski definition) is 5. The lowest BCUT2D eigenvalue weighted by Gasteiger charge is -2.06. The van der Waals surface area contributed by atoms with E-state index >= 15 is 0 Å². The van der Waals surface area contributed by atoms with E-state index in [9.17, 15) is 9.00 Å². The van der Waals surface area contributed by atoms with Gasteiger partial charge in [-0.3, -0.25) is 4.79 Å². The van der Waals surface area contributed by atoms with E-state index in [1.165, 1.54) is 0 Å². The SMILES string of the molecule is O=C1Cc2ccccc2S(=O)c2cc(-c3nn[nH]n3)ccc21. The molecule has 0 aliphatic carbocycles. The predicted molar refractivity (Wildman–Crippen MR) is 78.8 cm³/mol. The molecule has 22 heavy (non-hydrogen) atoms. The molecule has 2 aromatic carbocycles. The highest BCUT2D eigenvalue weighted by Gasteiger charge is 2.25. The van der Waals surface area contributed by atoms with E-state index in [1.54, 1.807) is 24.3 Å². The number of hydrogen-bond donors (Lipinski definition) is 1. The summed E-state index contributed by atoms with van der Waals surface area (Å²) < 4.78 is 12.9. The van der Waals surface area contributed by atoms with Crippen LogP contribution in [0.1, 0.15) is 15.9 Å². The Bertz CT molecular complexity index is 906. The lowest BCUT2D eigenvalue weighted by Crippen LogP contribution is -2.04. The van der Waals surface area contributed by atoms with Gasteiger partial charge in [-0.05, 0) is 29.0 Å². The summed E-state index contributed by atoms with van der Waals surface area (Å²) in [5, 5.41) is 13.7. The molecule has 0 bridgehead atoms. The van der Waals surface area contributed by atoms with Crippen LogP contribution in [-0.2, 0) is 17.2 Å². The van der Waals surface area contributed by atoms with Crippen LogP contribution in [0.3, 0.4) is 0 Å². The van der Waals surface area contributed by atoms with Gasteiger partial charge in [-0.15, -0.1) is 10.2 Å². The van der Waals surface area contributed by atoms with Gasteiger partial charge in [-0.25, -0.2) is 4.21 Å². The third-order valence-corrected chi connectivity index (χ3v) is 5.14. The van der Waals surface area contributed by atoms with Crippen LogP contribution >= 0.6 is 0 Å². The van der Waals surface area contributed by atoms with E-state index in [0.717, 1.165) is 5.56 Å². The zero-order valence-corrected chi connectivity index (χ0v) is 12.1. The number of rotatable bonds is 1. The zero-order valence-electron chi connectivity index (χ0n) is 11.3. The third kappa shape index (κ3) is 1.98. The molecule has 1 unspecified atom stereocenters. The van der Waals surface area contributed by atoms with Gasteiger partial charge in [0, 0.05) is 22.4 Å². The van der Waals surface area contributed by atoms with Crippen molar-refractivity contribution in [3.05, 3.63) is 53.6 Å². The minimum Gasteiger partial charge on any atom is -0.294 e. The first-order valence-electron chi connectivity index (χ1n) is 6.65. The number of fused-ring (bicyclic) bond motifs is 2. The summed E-state index contributed by atoms with van der Waals surface area (Å²) in [5.41, 5.74) is 1.97. The van der Waals surface area contributed by atoms with Gasteiger partial charge < -0.3 is 0 Å². The maximum absolute atomic E-state index is 12.9. The second-order valence-electron chi connectivity index (χ2n) is 4.92. The lowest BCUT2D eigenvalue weighted by molar-refractivity contribution is 0.0990. The van der Waals surface area contributed by atoms with Crippen LogP contribution in [0, 0.1) is 0 Å². The van der Waals surface area contributed by atoms with Gasteiger partial charge >= 0.3 is 0 Å². The Morgan fingerprint density at radius 1 is 1.09 bits per heavy atom. The molecule has 0 amide bonds. The van der Waals surface area contributed by atoms with Crippen LogP contribution in [-0.4, -0.2) is 30.6 Å². The molecule has 1 aliphatic heterocycles. The Kier molecular flexibility index (Phi) is 2.93. The van der Waals surface area contributed by atoms with E-state index in [-0.39, 0.29) is 12.2 Å². The van der Waals surface area contributed by atoms with E-state index in [2.05, 4.69) is 20.6 Å². The van der Waals surface area contributed by atoms with Crippen molar-refractivity contribution in [3.8, 4) is 11.4 Å². The number of nitrogens with zero attached hydrogens (tertiary/aromatic N) is 3. The summed E-state index contributed by atoms with van der Waals surface area (Å²) in [5.74, 6) is 0.373. The Hall–Kier alpha value is -2.67. The number of nitrogens with one attached hydrogen (secondary N) is 1. The van der Waals surface area contributed by atoms with Crippen LogP contribution in [0.25, 0.3) is 11.4 Å². The fraction of sp³-hybridized carbons (Fsp3) is 0.0667. The van der Waals surface area contributed by atoms with Crippen LogP contribution in [0.5, 0.6) is 0 Å². The summed E-state index contributed by atoms with van der Waals surface area (Å²) in [6.45, 7) is 0. The highest BCUT2D eigenvalue weighted by Crippen LogP contribution is 2.31. The molecule has 0 spiro atoms. The van der Waals surface area contributed by atoms with Gasteiger partial charge in [0.15, 0.2) is 5.78 Å². The van der Waals surface area contributed by atoms with Crippen molar-refractivity contribution >= 4 is 16.6 Å². The Labute approximate surface area is 128 Å². The quantitative estimate of drug-likeness (QED) is 0.740. The second kappa shape index (κ2) is 4.96. The van der Waals surface area contributed by atoms with Gasteiger partial charge in [0.25, 0.3) is 0 Å². The normalized spacial score (nSPS) is 16.7. The van der Waals surface area contributed by atoms with Crippen molar-refractivity contribution in [2.24, 2.45) is 0 Å². The summed E-state index contributed by atoms with van der Waals surface area (Å²) >= 11 is 0. The van der Waals surface area contributed by atoms with Crippen molar-refractivity contribution in [2.75, 3.05) is 0 Å². The number of aromatic amines is 1. The summed E-state index contributed by atoms with van der Waals surface area (Å²) in [6.07, 6.45) is 0.260. The standard InChI is InChI=1S/C15H10N4O2S/c20-12-7-9-3-1-2-4-13(9)22(21)14-8-10(5-6-11(12)14)15-16-18-19-17-15/h1-6,8H,7H2,(H,16,17,18,19). The molecule has 108 valence electrons. The number of carbonyl (C=O) groups is 1. The van der Waals surface area contributed by atoms with Crippen LogP contribution in [0.2, 0.25) is 0 Å². The van der Waals surface area contributed by atoms with Gasteiger partial charge in [0.2, 0.25) is 5.82 Å². The predicted octanol–water partition coefficient (Wildman–Crippen LogP) is 1.77. The summed E-state index contributed by atoms with van der Waals surface area (Å²) in [7, 11) is -1.41. The molecule has 7 heteroatoms. The minimum atomic E-state index is -1.41. The molecular formula is C15H10N4O2S. The molecule has 1 N–H and O–H groups in total. The minimum absolute atomic E-state index is 0.0343. The lowest BCUT2D eigenvalue weighted by atomic mass is 10.0. The molecule has 0 saturated heterocycles. The van der Waals surface area contributed by atoms with Gasteiger partial charge in [-0.1, -0.05) is 24.3 Å². The fourth-order valence-electron chi connectivity index (χ4n) is 2.55. The number of aromatic nitrogens is 4. The van der Waals surface area contributed by atoms with Crippen LogP contribution in [0.15, 0.2) is 52.3 Å². The average molecular weight is 310 g/mol. The molecule has 6 nitrogen and oxygen atoms in total. The average Bonchev–Trinajstić information content (AvgIpc) is 3.05. The Balaban J connectivity index is 1.93. The maximum Gasteiger partial charge on any atom is 0.204 e. The molecule has 0 radical (unpaired) electrons. The number of benzene rings is 2. The van der Waals surface area contributed by atoms with Gasteiger partial charge in [0.05, 0.1) is 15.7 Å². The summed E-state index contributed by atoms with van der Waals surface area (Å²) in [6, 6.07) is 12.5. The number of Topliss-reactive ketones (excluding diaryl/α,β-unsaturated/α-hetero) is 1. The zero-order chi connectivity index (χ0) is 15.1. The van der Waals surface area contributed by atoms with Crippen molar-refractivity contribution in [1.29, 1.82) is 0 Å². The fourth-order valence-corrected chi connectivity index (χ4v) is 3.98. The third-order valence-electron chi connectivity index (χ3n) is 3.61. The molecule has 0 fully saturated rings. The molecule has 1 atom stereocenters. The van der Waals surface area contributed by atoms with Crippen LogP contribution < -0.4 is 0 Å². The number of tetrazole rings is 1. The summed E-state index contributed by atoms with van der Waals surface area (Å²) in [4.78, 5) is 13.6. The van der Waals surface area contributed by atoms with Crippen molar-refractivity contribution in [2.45, 2.75) is 16.2 Å². The topological polar surface area (TPSA) is 88.6 Å². The van der Waals surface area contributed by atoms with E-state index < -0.39 is 10.8 Å². The highest BCUT2D eigenvalue weighted by molar-refractivity contribution is 7.85. The molecule has 4 rings (SSSR count). The van der Waals surface area contributed by atoms with E-state index in [4.69, 9.17) is 0 Å². The van der Waals surface area contributed by atoms with Crippen molar-refractivity contribution in [3.63, 3.8) is 0 Å². The largest absolute Gasteiger partial charge is 0.294 e. The van der Waals surface area contributed by atoms with E-state index in [0.29, 0.717) is 26.7 Å². The first-order valence-corrected chi connectivity index (χ1v) is 7.80. The second-order valence-corrected chi connectivity index (χ2v) is 6.34. The Morgan fingerprint density at radius 2 is 1.95 bits per heavy atom. The molecule has 2 heterocycles. The monoisotopic (exact) mass is 310 g/mol. The van der Waals surface area contributed by atoms with Gasteiger partial charge in [0.1, 0.15) is 0 Å². The van der Waals surface area contributed by atoms with Crippen LogP contribution in [0.4, 0.5) is 0 Å². The molecular weight excluding hydrogens is 300 g/mol. The smallest absolute Gasteiger partial charge is 0.204 e. The van der Waals surface area contributed by atoms with Crippen molar-refractivity contribution < 1.29 is 9.00 Å².